The molecule has 4 aromatic carbocycles. The van der Waals surface area contributed by atoms with Crippen molar-refractivity contribution in [3.05, 3.63) is 126 Å². The summed E-state index contributed by atoms with van der Waals surface area (Å²) in [6, 6.07) is 42.3. The first-order valence-corrected chi connectivity index (χ1v) is 13.1. The molecule has 0 spiro atoms. The molecule has 0 saturated heterocycles. The van der Waals surface area contributed by atoms with Crippen LogP contribution >= 0.6 is 23.2 Å². The Bertz CT molecular complexity index is 937. The molecule has 0 heterocycles. The highest BCUT2D eigenvalue weighted by Crippen LogP contribution is 2.58. The summed E-state index contributed by atoms with van der Waals surface area (Å²) >= 11 is 3.64. The van der Waals surface area contributed by atoms with E-state index in [0.717, 1.165) is 17.9 Å². The number of hydrogen-bond acceptors (Lipinski definition) is 0. The smallest absolute Gasteiger partial charge is 0.116 e. The van der Waals surface area contributed by atoms with E-state index in [1.165, 1.54) is 27.0 Å². The van der Waals surface area contributed by atoms with Crippen molar-refractivity contribution in [2.75, 3.05) is 5.33 Å². The summed E-state index contributed by atoms with van der Waals surface area (Å²) in [5.74, 6) is 0. The molecule has 0 aliphatic carbocycles. The number of alkyl halides is 1. The monoisotopic (exact) mass is 538 g/mol. The Balaban J connectivity index is 0.00000256. The molecule has 0 unspecified atom stereocenters. The lowest BCUT2D eigenvalue weighted by Crippen LogP contribution is -3.00. The van der Waals surface area contributed by atoms with Gasteiger partial charge in [-0.3, -0.25) is 0 Å². The van der Waals surface area contributed by atoms with E-state index in [1.54, 1.807) is 0 Å². The van der Waals surface area contributed by atoms with Gasteiger partial charge in [0.15, 0.2) is 0 Å². The molecule has 0 aliphatic heterocycles. The van der Waals surface area contributed by atoms with Crippen molar-refractivity contribution in [2.45, 2.75) is 12.6 Å². The Morgan fingerprint density at radius 3 is 1.27 bits per heavy atom. The molecular formula is C27H25Br2P. The first-order chi connectivity index (χ1) is 14.3. The van der Waals surface area contributed by atoms with Crippen LogP contribution in [0.4, 0.5) is 0 Å². The summed E-state index contributed by atoms with van der Waals surface area (Å²) in [5, 5.41) is 5.29. The molecule has 0 nitrogen and oxygen atoms in total. The van der Waals surface area contributed by atoms with E-state index in [9.17, 15) is 0 Å². The van der Waals surface area contributed by atoms with Crippen LogP contribution in [0.15, 0.2) is 115 Å². The van der Waals surface area contributed by atoms with Gasteiger partial charge >= 0.3 is 0 Å². The summed E-state index contributed by atoms with van der Waals surface area (Å²) in [7, 11) is -1.84. The summed E-state index contributed by atoms with van der Waals surface area (Å²) in [4.78, 5) is 0. The van der Waals surface area contributed by atoms with Crippen LogP contribution in [0.1, 0.15) is 11.1 Å². The molecule has 0 aliphatic rings. The van der Waals surface area contributed by atoms with Gasteiger partial charge in [0.2, 0.25) is 0 Å². The number of benzene rings is 4. The number of hydrogen-bond donors (Lipinski definition) is 0. The fourth-order valence-electron chi connectivity index (χ4n) is 4.08. The lowest BCUT2D eigenvalue weighted by atomic mass is 10.1. The van der Waals surface area contributed by atoms with Gasteiger partial charge in [-0.05, 0) is 53.9 Å². The van der Waals surface area contributed by atoms with Gasteiger partial charge in [0.1, 0.15) is 23.2 Å². The molecule has 0 saturated carbocycles. The molecule has 0 atom stereocenters. The molecule has 4 aromatic rings. The molecule has 0 fully saturated rings. The third kappa shape index (κ3) is 4.78. The zero-order chi connectivity index (χ0) is 19.9. The zero-order valence-corrected chi connectivity index (χ0v) is 20.9. The van der Waals surface area contributed by atoms with E-state index in [-0.39, 0.29) is 17.0 Å². The van der Waals surface area contributed by atoms with Crippen molar-refractivity contribution in [1.82, 2.24) is 0 Å². The largest absolute Gasteiger partial charge is 1.00 e. The molecule has 152 valence electrons. The predicted octanol–water partition coefficient (Wildman–Crippen LogP) is 3.12. The van der Waals surface area contributed by atoms with Crippen molar-refractivity contribution >= 4 is 39.1 Å². The predicted molar refractivity (Wildman–Crippen MR) is 133 cm³/mol. The van der Waals surface area contributed by atoms with E-state index >= 15 is 0 Å². The van der Waals surface area contributed by atoms with Crippen LogP contribution in [-0.2, 0) is 12.6 Å². The second-order valence-corrected chi connectivity index (χ2v) is 11.5. The number of rotatable bonds is 7. The Morgan fingerprint density at radius 2 is 0.867 bits per heavy atom. The van der Waals surface area contributed by atoms with Crippen LogP contribution in [0.5, 0.6) is 0 Å². The van der Waals surface area contributed by atoms with Crippen molar-refractivity contribution in [1.29, 1.82) is 0 Å². The molecule has 0 bridgehead atoms. The molecule has 0 radical (unpaired) electrons. The van der Waals surface area contributed by atoms with Crippen LogP contribution in [0.25, 0.3) is 0 Å². The van der Waals surface area contributed by atoms with Crippen LogP contribution in [-0.4, -0.2) is 5.33 Å². The van der Waals surface area contributed by atoms with Crippen molar-refractivity contribution in [3.8, 4) is 0 Å². The fraction of sp³-hybridized carbons (Fsp3) is 0.111. The first kappa shape index (κ1) is 22.9. The van der Waals surface area contributed by atoms with E-state index in [4.69, 9.17) is 0 Å². The third-order valence-corrected chi connectivity index (χ3v) is 10.2. The Hall–Kier alpha value is -1.73. The molecular weight excluding hydrogens is 515 g/mol. The number of aryl methyl sites for hydroxylation is 1. The van der Waals surface area contributed by atoms with Gasteiger partial charge < -0.3 is 17.0 Å². The van der Waals surface area contributed by atoms with Gasteiger partial charge in [0.25, 0.3) is 0 Å². The molecule has 0 N–H and O–H groups in total. The highest BCUT2D eigenvalue weighted by Gasteiger charge is 2.45. The summed E-state index contributed by atoms with van der Waals surface area (Å²) in [5.41, 5.74) is 2.90. The average Bonchev–Trinajstić information content (AvgIpc) is 2.80. The fourth-order valence-corrected chi connectivity index (χ4v) is 8.81. The summed E-state index contributed by atoms with van der Waals surface area (Å²) < 4.78 is 0. The SMILES string of the molecule is BrCCc1ccccc1C[P+](c1ccccc1)(c1ccccc1)c1ccccc1.[Br-]. The van der Waals surface area contributed by atoms with Gasteiger partial charge in [-0.15, -0.1) is 0 Å². The Labute approximate surface area is 199 Å². The normalized spacial score (nSPS) is 11.0. The molecule has 0 aromatic heterocycles. The Morgan fingerprint density at radius 1 is 0.500 bits per heavy atom. The lowest BCUT2D eigenvalue weighted by molar-refractivity contribution is -0.00000553. The maximum Gasteiger partial charge on any atom is 0.116 e. The first-order valence-electron chi connectivity index (χ1n) is 10.0. The van der Waals surface area contributed by atoms with Crippen molar-refractivity contribution in [3.63, 3.8) is 0 Å². The second kappa shape index (κ2) is 11.0. The van der Waals surface area contributed by atoms with E-state index in [0.29, 0.717) is 0 Å². The molecule has 4 rings (SSSR count). The summed E-state index contributed by atoms with van der Waals surface area (Å²) in [6.07, 6.45) is 2.09. The lowest BCUT2D eigenvalue weighted by Gasteiger charge is -2.28. The van der Waals surface area contributed by atoms with Crippen LogP contribution < -0.4 is 32.9 Å². The van der Waals surface area contributed by atoms with Gasteiger partial charge in [-0.1, -0.05) is 94.8 Å². The molecule has 3 heteroatoms. The van der Waals surface area contributed by atoms with Gasteiger partial charge in [-0.2, -0.15) is 0 Å². The zero-order valence-electron chi connectivity index (χ0n) is 16.8. The molecule has 0 amide bonds. The van der Waals surface area contributed by atoms with Crippen molar-refractivity contribution in [2.24, 2.45) is 0 Å². The highest BCUT2D eigenvalue weighted by atomic mass is 79.9. The maximum absolute atomic E-state index is 3.64. The maximum atomic E-state index is 3.64. The van der Waals surface area contributed by atoms with Crippen LogP contribution in [0, 0.1) is 0 Å². The van der Waals surface area contributed by atoms with E-state index in [1.807, 2.05) is 0 Å². The average molecular weight is 540 g/mol. The minimum Gasteiger partial charge on any atom is -1.00 e. The van der Waals surface area contributed by atoms with Crippen LogP contribution in [0.2, 0.25) is 0 Å². The van der Waals surface area contributed by atoms with Gasteiger partial charge in [-0.25, -0.2) is 0 Å². The quantitative estimate of drug-likeness (QED) is 0.250. The summed E-state index contributed by atoms with van der Waals surface area (Å²) in [6.45, 7) is 0. The minimum absolute atomic E-state index is 0. The standard InChI is InChI=1S/C27H25BrP.BrH/c28-21-20-23-12-10-11-13-24(23)22-29(25-14-4-1-5-15-25,26-16-6-2-7-17-26)27-18-8-3-9-19-27;/h1-19H,20-22H2;1H/q+1;/p-1. The van der Waals surface area contributed by atoms with E-state index in [2.05, 4.69) is 131 Å². The second-order valence-electron chi connectivity index (χ2n) is 7.18. The molecule has 30 heavy (non-hydrogen) atoms. The topological polar surface area (TPSA) is 0 Å². The number of halogens is 2. The Kier molecular flexibility index (Phi) is 8.45. The van der Waals surface area contributed by atoms with Gasteiger partial charge in [0.05, 0.1) is 6.16 Å². The highest BCUT2D eigenvalue weighted by molar-refractivity contribution is 9.09. The third-order valence-electron chi connectivity index (χ3n) is 5.48. The van der Waals surface area contributed by atoms with Crippen molar-refractivity contribution < 1.29 is 17.0 Å². The van der Waals surface area contributed by atoms with Crippen LogP contribution in [0.3, 0.4) is 0 Å². The van der Waals surface area contributed by atoms with E-state index < -0.39 is 7.26 Å². The van der Waals surface area contributed by atoms with Gasteiger partial charge in [0, 0.05) is 5.33 Å². The minimum atomic E-state index is -1.84.